The van der Waals surface area contributed by atoms with Crippen molar-refractivity contribution < 1.29 is 13.2 Å². The van der Waals surface area contributed by atoms with Crippen LogP contribution in [0.3, 0.4) is 0 Å². The molecule has 0 fully saturated rings. The summed E-state index contributed by atoms with van der Waals surface area (Å²) >= 11 is 0. The average molecular weight is 345 g/mol. The molecule has 0 aromatic heterocycles. The highest BCUT2D eigenvalue weighted by Gasteiger charge is 2.33. The fourth-order valence-corrected chi connectivity index (χ4v) is 4.46. The highest BCUT2D eigenvalue weighted by molar-refractivity contribution is 7.89. The number of rotatable bonds is 5. The predicted molar refractivity (Wildman–Crippen MR) is 94.4 cm³/mol. The molecule has 1 N–H and O–H groups in total. The van der Waals surface area contributed by atoms with E-state index in [1.54, 1.807) is 12.1 Å². The van der Waals surface area contributed by atoms with Crippen molar-refractivity contribution in [3.05, 3.63) is 65.2 Å². The summed E-state index contributed by atoms with van der Waals surface area (Å²) in [5.74, 6) is 0. The molecule has 4 nitrogen and oxygen atoms in total. The number of fused-ring (bicyclic) bond motifs is 1. The molecule has 0 heterocycles. The molecule has 24 heavy (non-hydrogen) atoms. The summed E-state index contributed by atoms with van der Waals surface area (Å²) in [5, 5.41) is 0. The highest BCUT2D eigenvalue weighted by atomic mass is 32.2. The fourth-order valence-electron chi connectivity index (χ4n) is 3.22. The Bertz CT molecular complexity index is 800. The minimum atomic E-state index is -3.60. The fraction of sp³-hybridized carbons (Fsp3) is 0.368. The molecule has 2 atom stereocenters. The molecule has 0 aliphatic heterocycles. The van der Waals surface area contributed by atoms with Gasteiger partial charge in [-0.3, -0.25) is 0 Å². The SMILES string of the molecule is CCO[C@H]1CCc2ccccc2[C@H]1NS(=O)(=O)c1ccc(C)cc1. The molecular weight excluding hydrogens is 322 g/mol. The van der Waals surface area contributed by atoms with Crippen LogP contribution in [0.25, 0.3) is 0 Å². The summed E-state index contributed by atoms with van der Waals surface area (Å²) in [6.45, 7) is 4.44. The Balaban J connectivity index is 1.94. The first-order valence-corrected chi connectivity index (χ1v) is 9.78. The van der Waals surface area contributed by atoms with Gasteiger partial charge in [0.05, 0.1) is 17.0 Å². The normalized spacial score (nSPS) is 20.6. The Hall–Kier alpha value is -1.69. The smallest absolute Gasteiger partial charge is 0.241 e. The van der Waals surface area contributed by atoms with Crippen LogP contribution in [0.1, 0.15) is 36.1 Å². The second-order valence-electron chi connectivity index (χ2n) is 6.14. The molecule has 1 aliphatic rings. The molecule has 0 saturated heterocycles. The third-order valence-electron chi connectivity index (χ3n) is 4.45. The third kappa shape index (κ3) is 3.53. The van der Waals surface area contributed by atoms with Crippen LogP contribution in [0.2, 0.25) is 0 Å². The van der Waals surface area contributed by atoms with Crippen LogP contribution in [-0.4, -0.2) is 21.1 Å². The molecule has 0 spiro atoms. The van der Waals surface area contributed by atoms with Gasteiger partial charge in [-0.05, 0) is 49.9 Å². The van der Waals surface area contributed by atoms with Crippen LogP contribution in [0, 0.1) is 6.92 Å². The first-order chi connectivity index (χ1) is 11.5. The van der Waals surface area contributed by atoms with Crippen molar-refractivity contribution in [2.24, 2.45) is 0 Å². The Morgan fingerprint density at radius 3 is 2.54 bits per heavy atom. The molecule has 128 valence electrons. The quantitative estimate of drug-likeness (QED) is 0.904. The van der Waals surface area contributed by atoms with Crippen molar-refractivity contribution in [1.29, 1.82) is 0 Å². The average Bonchev–Trinajstić information content (AvgIpc) is 2.57. The first-order valence-electron chi connectivity index (χ1n) is 8.29. The zero-order valence-electron chi connectivity index (χ0n) is 14.0. The minimum Gasteiger partial charge on any atom is -0.376 e. The van der Waals surface area contributed by atoms with Crippen molar-refractivity contribution in [2.45, 2.75) is 43.7 Å². The molecule has 2 aromatic rings. The van der Waals surface area contributed by atoms with Crippen LogP contribution in [-0.2, 0) is 21.2 Å². The standard InChI is InChI=1S/C19H23NO3S/c1-3-23-18-13-10-15-6-4-5-7-17(15)19(18)20-24(21,22)16-11-8-14(2)9-12-16/h4-9,11-12,18-20H,3,10,13H2,1-2H3/t18-,19+/m0/s1. The monoisotopic (exact) mass is 345 g/mol. The topological polar surface area (TPSA) is 55.4 Å². The Labute approximate surface area is 143 Å². The van der Waals surface area contributed by atoms with Crippen LogP contribution < -0.4 is 4.72 Å². The van der Waals surface area contributed by atoms with E-state index in [9.17, 15) is 8.42 Å². The maximum atomic E-state index is 12.8. The van der Waals surface area contributed by atoms with E-state index >= 15 is 0 Å². The number of ether oxygens (including phenoxy) is 1. The molecule has 0 amide bonds. The molecule has 0 bridgehead atoms. The van der Waals surface area contributed by atoms with Gasteiger partial charge in [0.15, 0.2) is 0 Å². The highest BCUT2D eigenvalue weighted by Crippen LogP contribution is 2.33. The van der Waals surface area contributed by atoms with Gasteiger partial charge in [0.1, 0.15) is 0 Å². The summed E-state index contributed by atoms with van der Waals surface area (Å²) in [5.41, 5.74) is 3.23. The van der Waals surface area contributed by atoms with Crippen molar-refractivity contribution in [2.75, 3.05) is 6.61 Å². The maximum absolute atomic E-state index is 12.8. The van der Waals surface area contributed by atoms with E-state index < -0.39 is 10.0 Å². The zero-order chi connectivity index (χ0) is 17.2. The molecule has 1 aliphatic carbocycles. The van der Waals surface area contributed by atoms with E-state index in [2.05, 4.69) is 10.8 Å². The van der Waals surface area contributed by atoms with E-state index in [1.807, 2.05) is 44.2 Å². The summed E-state index contributed by atoms with van der Waals surface area (Å²) in [7, 11) is -3.60. The van der Waals surface area contributed by atoms with Crippen molar-refractivity contribution in [3.8, 4) is 0 Å². The molecule has 2 aromatic carbocycles. The van der Waals surface area contributed by atoms with Crippen LogP contribution in [0.5, 0.6) is 0 Å². The van der Waals surface area contributed by atoms with Crippen LogP contribution >= 0.6 is 0 Å². The van der Waals surface area contributed by atoms with Gasteiger partial charge in [0.2, 0.25) is 10.0 Å². The first kappa shape index (κ1) is 17.1. The van der Waals surface area contributed by atoms with Crippen molar-refractivity contribution in [1.82, 2.24) is 4.72 Å². The summed E-state index contributed by atoms with van der Waals surface area (Å²) in [4.78, 5) is 0.284. The second kappa shape index (κ2) is 7.05. The van der Waals surface area contributed by atoms with Crippen molar-refractivity contribution in [3.63, 3.8) is 0 Å². The Kier molecular flexibility index (Phi) is 5.04. The molecule has 0 unspecified atom stereocenters. The Morgan fingerprint density at radius 2 is 1.83 bits per heavy atom. The van der Waals surface area contributed by atoms with Gasteiger partial charge in [-0.1, -0.05) is 42.0 Å². The van der Waals surface area contributed by atoms with E-state index in [1.165, 1.54) is 5.56 Å². The van der Waals surface area contributed by atoms with Gasteiger partial charge in [0.25, 0.3) is 0 Å². The van der Waals surface area contributed by atoms with Gasteiger partial charge >= 0.3 is 0 Å². The van der Waals surface area contributed by atoms with E-state index in [-0.39, 0.29) is 17.0 Å². The van der Waals surface area contributed by atoms with Gasteiger partial charge < -0.3 is 4.74 Å². The number of sulfonamides is 1. The van der Waals surface area contributed by atoms with E-state index in [4.69, 9.17) is 4.74 Å². The lowest BCUT2D eigenvalue weighted by Gasteiger charge is -2.33. The predicted octanol–water partition coefficient (Wildman–Crippen LogP) is 3.37. The van der Waals surface area contributed by atoms with E-state index in [0.29, 0.717) is 6.61 Å². The largest absolute Gasteiger partial charge is 0.376 e. The van der Waals surface area contributed by atoms with Gasteiger partial charge in [-0.2, -0.15) is 0 Å². The zero-order valence-corrected chi connectivity index (χ0v) is 14.8. The molecule has 5 heteroatoms. The lowest BCUT2D eigenvalue weighted by atomic mass is 9.86. The lowest BCUT2D eigenvalue weighted by molar-refractivity contribution is 0.0292. The number of benzene rings is 2. The molecule has 0 radical (unpaired) electrons. The number of hydrogen-bond donors (Lipinski definition) is 1. The van der Waals surface area contributed by atoms with E-state index in [0.717, 1.165) is 24.0 Å². The summed E-state index contributed by atoms with van der Waals surface area (Å²) in [6, 6.07) is 14.5. The summed E-state index contributed by atoms with van der Waals surface area (Å²) < 4.78 is 34.3. The maximum Gasteiger partial charge on any atom is 0.241 e. The van der Waals surface area contributed by atoms with Crippen LogP contribution in [0.15, 0.2) is 53.4 Å². The molecule has 3 rings (SSSR count). The van der Waals surface area contributed by atoms with Gasteiger partial charge in [-0.15, -0.1) is 0 Å². The van der Waals surface area contributed by atoms with Gasteiger partial charge in [0, 0.05) is 6.61 Å². The number of aryl methyl sites for hydroxylation is 2. The van der Waals surface area contributed by atoms with Gasteiger partial charge in [-0.25, -0.2) is 13.1 Å². The second-order valence-corrected chi connectivity index (χ2v) is 7.86. The number of hydrogen-bond acceptors (Lipinski definition) is 3. The number of nitrogens with one attached hydrogen (secondary N) is 1. The summed E-state index contributed by atoms with van der Waals surface area (Å²) in [6.07, 6.45) is 1.57. The van der Waals surface area contributed by atoms with Crippen molar-refractivity contribution >= 4 is 10.0 Å². The molecule has 0 saturated carbocycles. The Morgan fingerprint density at radius 1 is 1.12 bits per heavy atom. The third-order valence-corrected chi connectivity index (χ3v) is 5.91. The lowest BCUT2D eigenvalue weighted by Crippen LogP contribution is -2.40. The van der Waals surface area contributed by atoms with Crippen LogP contribution in [0.4, 0.5) is 0 Å². The molecular formula is C19H23NO3S. The minimum absolute atomic E-state index is 0.148.